The lowest BCUT2D eigenvalue weighted by Gasteiger charge is -2.31. The summed E-state index contributed by atoms with van der Waals surface area (Å²) in [6.07, 6.45) is 10.6. The highest BCUT2D eigenvalue weighted by molar-refractivity contribution is 5.76. The SMILES string of the molecule is O=C(CC1CC2CCC1C2)NC1CCCCC1CO. The van der Waals surface area contributed by atoms with E-state index in [1.807, 2.05) is 0 Å². The molecule has 5 atom stereocenters. The largest absolute Gasteiger partial charge is 0.396 e. The summed E-state index contributed by atoms with van der Waals surface area (Å²) in [6, 6.07) is 0.227. The van der Waals surface area contributed by atoms with Gasteiger partial charge in [-0.05, 0) is 49.9 Å². The van der Waals surface area contributed by atoms with Crippen LogP contribution in [0.5, 0.6) is 0 Å². The van der Waals surface area contributed by atoms with Gasteiger partial charge in [-0.15, -0.1) is 0 Å². The number of aliphatic hydroxyl groups excluding tert-OH is 1. The van der Waals surface area contributed by atoms with Crippen molar-refractivity contribution in [2.75, 3.05) is 6.61 Å². The fraction of sp³-hybridized carbons (Fsp3) is 0.938. The second kappa shape index (κ2) is 5.82. The molecule has 0 aromatic carbocycles. The number of carbonyl (C=O) groups is 1. The van der Waals surface area contributed by atoms with Crippen LogP contribution >= 0.6 is 0 Å². The van der Waals surface area contributed by atoms with Crippen LogP contribution in [0.3, 0.4) is 0 Å². The van der Waals surface area contributed by atoms with Crippen LogP contribution in [0.1, 0.15) is 57.8 Å². The smallest absolute Gasteiger partial charge is 0.220 e. The van der Waals surface area contributed by atoms with E-state index in [0.29, 0.717) is 5.92 Å². The van der Waals surface area contributed by atoms with Gasteiger partial charge in [0.05, 0.1) is 0 Å². The van der Waals surface area contributed by atoms with E-state index >= 15 is 0 Å². The van der Waals surface area contributed by atoms with Crippen LogP contribution < -0.4 is 5.32 Å². The minimum absolute atomic E-state index is 0.221. The molecule has 0 saturated heterocycles. The number of hydrogen-bond acceptors (Lipinski definition) is 2. The number of amides is 1. The Labute approximate surface area is 116 Å². The summed E-state index contributed by atoms with van der Waals surface area (Å²) in [5.74, 6) is 2.92. The molecule has 3 saturated carbocycles. The van der Waals surface area contributed by atoms with Crippen molar-refractivity contribution in [2.24, 2.45) is 23.7 Å². The van der Waals surface area contributed by atoms with Gasteiger partial charge < -0.3 is 10.4 Å². The summed E-state index contributed by atoms with van der Waals surface area (Å²) in [5, 5.41) is 12.6. The van der Waals surface area contributed by atoms with E-state index in [9.17, 15) is 9.90 Å². The first kappa shape index (κ1) is 13.4. The van der Waals surface area contributed by atoms with E-state index in [2.05, 4.69) is 5.32 Å². The lowest BCUT2D eigenvalue weighted by molar-refractivity contribution is -0.123. The standard InChI is InChI=1S/C16H27NO2/c18-10-13-3-1-2-4-15(13)17-16(19)9-14-8-11-5-6-12(14)7-11/h11-15,18H,1-10H2,(H,17,19). The van der Waals surface area contributed by atoms with Crippen molar-refractivity contribution in [1.29, 1.82) is 0 Å². The van der Waals surface area contributed by atoms with E-state index in [0.717, 1.165) is 31.1 Å². The summed E-state index contributed by atoms with van der Waals surface area (Å²) in [4.78, 5) is 12.2. The van der Waals surface area contributed by atoms with E-state index in [-0.39, 0.29) is 24.5 Å². The Morgan fingerprint density at radius 1 is 1.05 bits per heavy atom. The normalized spacial score (nSPS) is 41.4. The average Bonchev–Trinajstić information content (AvgIpc) is 3.01. The third kappa shape index (κ3) is 2.96. The molecule has 0 heterocycles. The van der Waals surface area contributed by atoms with Gasteiger partial charge in [-0.1, -0.05) is 19.3 Å². The van der Waals surface area contributed by atoms with Gasteiger partial charge in [0.15, 0.2) is 0 Å². The zero-order valence-electron chi connectivity index (χ0n) is 11.8. The molecule has 3 fully saturated rings. The molecule has 0 spiro atoms. The molecule has 1 amide bonds. The van der Waals surface area contributed by atoms with Crippen LogP contribution in [-0.4, -0.2) is 23.7 Å². The molecule has 3 heteroatoms. The summed E-state index contributed by atoms with van der Waals surface area (Å²) in [6.45, 7) is 0.221. The van der Waals surface area contributed by atoms with Crippen LogP contribution in [-0.2, 0) is 4.79 Å². The maximum absolute atomic E-state index is 12.2. The van der Waals surface area contributed by atoms with Crippen molar-refractivity contribution in [3.8, 4) is 0 Å². The first-order valence-corrected chi connectivity index (χ1v) is 8.16. The van der Waals surface area contributed by atoms with E-state index in [1.54, 1.807) is 0 Å². The lowest BCUT2D eigenvalue weighted by atomic mass is 9.84. The van der Waals surface area contributed by atoms with Crippen molar-refractivity contribution < 1.29 is 9.90 Å². The Bertz CT molecular complexity index is 331. The Kier molecular flexibility index (Phi) is 4.11. The highest BCUT2D eigenvalue weighted by Crippen LogP contribution is 2.49. The Balaban J connectivity index is 1.48. The predicted molar refractivity (Wildman–Crippen MR) is 74.5 cm³/mol. The van der Waals surface area contributed by atoms with E-state index < -0.39 is 0 Å². The van der Waals surface area contributed by atoms with Gasteiger partial charge in [0.2, 0.25) is 5.91 Å². The zero-order chi connectivity index (χ0) is 13.2. The topological polar surface area (TPSA) is 49.3 Å². The quantitative estimate of drug-likeness (QED) is 0.820. The molecule has 3 aliphatic rings. The number of fused-ring (bicyclic) bond motifs is 2. The van der Waals surface area contributed by atoms with Crippen LogP contribution in [0.15, 0.2) is 0 Å². The van der Waals surface area contributed by atoms with Gasteiger partial charge in [0.25, 0.3) is 0 Å². The molecule has 108 valence electrons. The Morgan fingerprint density at radius 3 is 2.58 bits per heavy atom. The van der Waals surface area contributed by atoms with Crippen LogP contribution in [0.4, 0.5) is 0 Å². The van der Waals surface area contributed by atoms with Crippen molar-refractivity contribution >= 4 is 5.91 Å². The monoisotopic (exact) mass is 265 g/mol. The molecular formula is C16H27NO2. The minimum atomic E-state index is 0.221. The van der Waals surface area contributed by atoms with Crippen molar-refractivity contribution in [1.82, 2.24) is 5.32 Å². The summed E-state index contributed by atoms with van der Waals surface area (Å²) < 4.78 is 0. The van der Waals surface area contributed by atoms with Crippen LogP contribution in [0.25, 0.3) is 0 Å². The van der Waals surface area contributed by atoms with Gasteiger partial charge in [-0.2, -0.15) is 0 Å². The zero-order valence-corrected chi connectivity index (χ0v) is 11.8. The van der Waals surface area contributed by atoms with Gasteiger partial charge in [0, 0.05) is 25.0 Å². The van der Waals surface area contributed by atoms with Gasteiger partial charge >= 0.3 is 0 Å². The van der Waals surface area contributed by atoms with Gasteiger partial charge in [0.1, 0.15) is 0 Å². The minimum Gasteiger partial charge on any atom is -0.396 e. The van der Waals surface area contributed by atoms with Crippen LogP contribution in [0.2, 0.25) is 0 Å². The van der Waals surface area contributed by atoms with Crippen molar-refractivity contribution in [3.63, 3.8) is 0 Å². The third-order valence-corrected chi connectivity index (χ3v) is 5.82. The Hall–Kier alpha value is -0.570. The Morgan fingerprint density at radius 2 is 1.89 bits per heavy atom. The molecule has 3 rings (SSSR count). The highest BCUT2D eigenvalue weighted by atomic mass is 16.3. The predicted octanol–water partition coefficient (Wildman–Crippen LogP) is 2.48. The van der Waals surface area contributed by atoms with Gasteiger partial charge in [-0.25, -0.2) is 0 Å². The molecular weight excluding hydrogens is 238 g/mol. The first-order valence-electron chi connectivity index (χ1n) is 8.16. The van der Waals surface area contributed by atoms with Crippen molar-refractivity contribution in [3.05, 3.63) is 0 Å². The number of nitrogens with one attached hydrogen (secondary N) is 1. The highest BCUT2D eigenvalue weighted by Gasteiger charge is 2.40. The summed E-state index contributed by atoms with van der Waals surface area (Å²) in [7, 11) is 0. The molecule has 0 aliphatic heterocycles. The maximum atomic E-state index is 12.2. The second-order valence-corrected chi connectivity index (χ2v) is 7.04. The van der Waals surface area contributed by atoms with Gasteiger partial charge in [-0.3, -0.25) is 4.79 Å². The van der Waals surface area contributed by atoms with E-state index in [4.69, 9.17) is 0 Å². The fourth-order valence-electron chi connectivity index (χ4n) is 4.75. The maximum Gasteiger partial charge on any atom is 0.220 e. The molecule has 5 unspecified atom stereocenters. The molecule has 3 aliphatic carbocycles. The molecule has 2 bridgehead atoms. The summed E-state index contributed by atoms with van der Waals surface area (Å²) in [5.41, 5.74) is 0. The number of hydrogen-bond donors (Lipinski definition) is 2. The first-order chi connectivity index (χ1) is 9.26. The molecule has 3 nitrogen and oxygen atoms in total. The van der Waals surface area contributed by atoms with E-state index in [1.165, 1.54) is 38.5 Å². The fourth-order valence-corrected chi connectivity index (χ4v) is 4.75. The lowest BCUT2D eigenvalue weighted by Crippen LogP contribution is -2.44. The van der Waals surface area contributed by atoms with Crippen molar-refractivity contribution in [2.45, 2.75) is 63.8 Å². The number of carbonyl (C=O) groups excluding carboxylic acids is 1. The molecule has 19 heavy (non-hydrogen) atoms. The second-order valence-electron chi connectivity index (χ2n) is 7.04. The third-order valence-electron chi connectivity index (χ3n) is 5.82. The molecule has 2 N–H and O–H groups in total. The molecule has 0 aromatic heterocycles. The number of rotatable bonds is 4. The molecule has 0 radical (unpaired) electrons. The van der Waals surface area contributed by atoms with Crippen LogP contribution in [0, 0.1) is 23.7 Å². The number of aliphatic hydroxyl groups is 1. The molecule has 0 aromatic rings. The average molecular weight is 265 g/mol. The summed E-state index contributed by atoms with van der Waals surface area (Å²) >= 11 is 0.